The van der Waals surface area contributed by atoms with Gasteiger partial charge in [0.15, 0.2) is 11.5 Å². The molecule has 1 aliphatic heterocycles. The summed E-state index contributed by atoms with van der Waals surface area (Å²) in [7, 11) is 3.07. The van der Waals surface area contributed by atoms with Gasteiger partial charge >= 0.3 is 0 Å². The second-order valence-corrected chi connectivity index (χ2v) is 6.82. The van der Waals surface area contributed by atoms with Crippen LogP contribution in [0.3, 0.4) is 0 Å². The number of benzene rings is 2. The summed E-state index contributed by atoms with van der Waals surface area (Å²) in [6.45, 7) is 1.93. The highest BCUT2D eigenvalue weighted by Gasteiger charge is 2.31. The molecule has 0 radical (unpaired) electrons. The lowest BCUT2D eigenvalue weighted by Gasteiger charge is -2.18. The number of hydrogen-bond donors (Lipinski definition) is 1. The summed E-state index contributed by atoms with van der Waals surface area (Å²) in [6, 6.07) is 8.81. The van der Waals surface area contributed by atoms with E-state index in [0.29, 0.717) is 40.5 Å². The first kappa shape index (κ1) is 19.8. The Morgan fingerprint density at radius 1 is 1.21 bits per heavy atom. The minimum absolute atomic E-state index is 0.0588. The Bertz CT molecular complexity index is 884. The second kappa shape index (κ2) is 8.84. The molecule has 1 heterocycles. The molecule has 0 saturated heterocycles. The Morgan fingerprint density at radius 3 is 2.46 bits per heavy atom. The van der Waals surface area contributed by atoms with Gasteiger partial charge in [-0.15, -0.1) is 11.6 Å². The number of rotatable bonds is 7. The van der Waals surface area contributed by atoms with E-state index in [-0.39, 0.29) is 18.1 Å². The maximum absolute atomic E-state index is 12.2. The van der Waals surface area contributed by atoms with Crippen LogP contribution in [0, 0.1) is 0 Å². The molecule has 148 valence electrons. The van der Waals surface area contributed by atoms with Crippen LogP contribution in [0.15, 0.2) is 35.4 Å². The number of carbonyl (C=O) groups excluding carboxylic acids is 1. The summed E-state index contributed by atoms with van der Waals surface area (Å²) >= 11 is 6.24. The van der Waals surface area contributed by atoms with E-state index in [1.165, 1.54) is 13.3 Å². The maximum Gasteiger partial charge on any atom is 0.271 e. The molecule has 1 amide bonds. The van der Waals surface area contributed by atoms with E-state index in [2.05, 4.69) is 10.5 Å². The minimum Gasteiger partial charge on any atom is -0.492 e. The zero-order valence-electron chi connectivity index (χ0n) is 15.8. The summed E-state index contributed by atoms with van der Waals surface area (Å²) in [5.74, 6) is 1.53. The van der Waals surface area contributed by atoms with Crippen LogP contribution in [0.1, 0.15) is 28.4 Å². The van der Waals surface area contributed by atoms with Gasteiger partial charge in [-0.25, -0.2) is 5.43 Å². The zero-order valence-corrected chi connectivity index (χ0v) is 16.6. The average molecular weight is 405 g/mol. The van der Waals surface area contributed by atoms with Gasteiger partial charge in [-0.05, 0) is 25.5 Å². The van der Waals surface area contributed by atoms with E-state index in [9.17, 15) is 4.79 Å². The van der Waals surface area contributed by atoms with Crippen LogP contribution in [-0.4, -0.2) is 38.5 Å². The fourth-order valence-corrected chi connectivity index (χ4v) is 3.14. The normalized spacial score (nSPS) is 13.4. The van der Waals surface area contributed by atoms with Crippen LogP contribution in [0.5, 0.6) is 23.0 Å². The van der Waals surface area contributed by atoms with E-state index < -0.39 is 0 Å². The van der Waals surface area contributed by atoms with E-state index in [1.54, 1.807) is 31.4 Å². The minimum atomic E-state index is -0.323. The monoisotopic (exact) mass is 404 g/mol. The molecule has 0 aromatic heterocycles. The third kappa shape index (κ3) is 3.99. The van der Waals surface area contributed by atoms with Gasteiger partial charge in [0.1, 0.15) is 0 Å². The molecule has 28 heavy (non-hydrogen) atoms. The molecule has 0 bridgehead atoms. The van der Waals surface area contributed by atoms with Gasteiger partial charge < -0.3 is 18.9 Å². The predicted molar refractivity (Wildman–Crippen MR) is 106 cm³/mol. The van der Waals surface area contributed by atoms with Gasteiger partial charge in [0.05, 0.1) is 20.4 Å². The Labute approximate surface area is 168 Å². The van der Waals surface area contributed by atoms with Gasteiger partial charge in [0.2, 0.25) is 18.3 Å². The van der Waals surface area contributed by atoms with Crippen LogP contribution >= 0.6 is 11.6 Å². The van der Waals surface area contributed by atoms with E-state index in [4.69, 9.17) is 30.5 Å². The standard InChI is InChI=1S/C20H21ClN2O5/c1-12(21)9-14-15(10-22-23-20(24)13-7-5-4-6-8-13)17(26-3)19-18(16(14)25-2)27-11-28-19/h4-8,10,12H,9,11H2,1-3H3,(H,23,24). The molecular weight excluding hydrogens is 384 g/mol. The van der Waals surface area contributed by atoms with Crippen molar-refractivity contribution in [3.8, 4) is 23.0 Å². The molecule has 1 unspecified atom stereocenters. The van der Waals surface area contributed by atoms with E-state index >= 15 is 0 Å². The van der Waals surface area contributed by atoms with Crippen molar-refractivity contribution in [2.24, 2.45) is 5.10 Å². The number of nitrogens with zero attached hydrogens (tertiary/aromatic N) is 1. The first-order valence-electron chi connectivity index (χ1n) is 8.65. The molecule has 1 N–H and O–H groups in total. The maximum atomic E-state index is 12.2. The highest BCUT2D eigenvalue weighted by Crippen LogP contribution is 2.52. The van der Waals surface area contributed by atoms with Gasteiger partial charge in [-0.3, -0.25) is 4.79 Å². The van der Waals surface area contributed by atoms with Gasteiger partial charge in [-0.1, -0.05) is 18.2 Å². The summed E-state index contributed by atoms with van der Waals surface area (Å²) in [6.07, 6.45) is 1.98. The number of alkyl halides is 1. The molecule has 8 heteroatoms. The predicted octanol–water partition coefficient (Wildman–Crippen LogP) is 3.37. The van der Waals surface area contributed by atoms with Crippen LogP contribution in [0.2, 0.25) is 0 Å². The Balaban J connectivity index is 1.99. The van der Waals surface area contributed by atoms with Crippen molar-refractivity contribution in [2.75, 3.05) is 21.0 Å². The van der Waals surface area contributed by atoms with Crippen LogP contribution < -0.4 is 24.4 Å². The van der Waals surface area contributed by atoms with Crippen LogP contribution in [0.4, 0.5) is 0 Å². The van der Waals surface area contributed by atoms with Gasteiger partial charge in [0.25, 0.3) is 5.91 Å². The summed E-state index contributed by atoms with van der Waals surface area (Å²) in [5, 5.41) is 3.92. The Kier molecular flexibility index (Phi) is 6.26. The van der Waals surface area contributed by atoms with Crippen molar-refractivity contribution < 1.29 is 23.7 Å². The molecule has 2 aromatic carbocycles. The third-order valence-corrected chi connectivity index (χ3v) is 4.31. The van der Waals surface area contributed by atoms with Crippen molar-refractivity contribution >= 4 is 23.7 Å². The van der Waals surface area contributed by atoms with Crippen molar-refractivity contribution in [3.63, 3.8) is 0 Å². The van der Waals surface area contributed by atoms with Crippen molar-refractivity contribution in [3.05, 3.63) is 47.0 Å². The number of halogens is 1. The zero-order chi connectivity index (χ0) is 20.1. The molecule has 0 aliphatic carbocycles. The third-order valence-electron chi connectivity index (χ3n) is 4.16. The molecule has 7 nitrogen and oxygen atoms in total. The first-order chi connectivity index (χ1) is 13.6. The Morgan fingerprint density at radius 2 is 1.86 bits per heavy atom. The summed E-state index contributed by atoms with van der Waals surface area (Å²) < 4.78 is 22.2. The first-order valence-corrected chi connectivity index (χ1v) is 9.09. The number of hydrogen-bond acceptors (Lipinski definition) is 6. The molecule has 2 aromatic rings. The quantitative estimate of drug-likeness (QED) is 0.435. The van der Waals surface area contributed by atoms with Crippen molar-refractivity contribution in [2.45, 2.75) is 18.7 Å². The lowest BCUT2D eigenvalue weighted by molar-refractivity contribution is 0.0955. The van der Waals surface area contributed by atoms with Crippen LogP contribution in [0.25, 0.3) is 0 Å². The number of hydrazone groups is 1. The number of carbonyl (C=O) groups is 1. The highest BCUT2D eigenvalue weighted by molar-refractivity contribution is 6.20. The summed E-state index contributed by atoms with van der Waals surface area (Å²) in [5.41, 5.74) is 4.37. The number of nitrogens with one attached hydrogen (secondary N) is 1. The lowest BCUT2D eigenvalue weighted by Crippen LogP contribution is -2.17. The molecule has 0 saturated carbocycles. The average Bonchev–Trinajstić information content (AvgIpc) is 3.17. The lowest BCUT2D eigenvalue weighted by atomic mass is 9.99. The highest BCUT2D eigenvalue weighted by atomic mass is 35.5. The molecular formula is C20H21ClN2O5. The van der Waals surface area contributed by atoms with Gasteiger partial charge in [0, 0.05) is 22.1 Å². The number of methoxy groups -OCH3 is 2. The van der Waals surface area contributed by atoms with Gasteiger partial charge in [-0.2, -0.15) is 5.10 Å². The molecule has 0 fully saturated rings. The molecule has 1 atom stereocenters. The molecule has 0 spiro atoms. The summed E-state index contributed by atoms with van der Waals surface area (Å²) in [4.78, 5) is 12.2. The van der Waals surface area contributed by atoms with Crippen LogP contribution in [-0.2, 0) is 6.42 Å². The largest absolute Gasteiger partial charge is 0.492 e. The van der Waals surface area contributed by atoms with Crippen molar-refractivity contribution in [1.82, 2.24) is 5.43 Å². The fourth-order valence-electron chi connectivity index (χ4n) is 2.98. The SMILES string of the molecule is COc1c(C=NNC(=O)c2ccccc2)c(CC(C)Cl)c(OC)c2c1OCO2. The number of amides is 1. The number of fused-ring (bicyclic) bond motifs is 1. The Hall–Kier alpha value is -2.93. The number of ether oxygens (including phenoxy) is 4. The van der Waals surface area contributed by atoms with Crippen molar-refractivity contribution in [1.29, 1.82) is 0 Å². The topological polar surface area (TPSA) is 78.4 Å². The molecule has 1 aliphatic rings. The smallest absolute Gasteiger partial charge is 0.271 e. The molecule has 3 rings (SSSR count). The van der Waals surface area contributed by atoms with E-state index in [0.717, 1.165) is 5.56 Å². The fraction of sp³-hybridized carbons (Fsp3) is 0.300. The van der Waals surface area contributed by atoms with E-state index in [1.807, 2.05) is 13.0 Å². The second-order valence-electron chi connectivity index (χ2n) is 6.07.